The molecule has 0 bridgehead atoms. The molecule has 0 saturated heterocycles. The fraction of sp³-hybridized carbons (Fsp3) is 0.0833. The number of H-pyrrole nitrogens is 1. The van der Waals surface area contributed by atoms with Gasteiger partial charge in [0.2, 0.25) is 0 Å². The van der Waals surface area contributed by atoms with Gasteiger partial charge in [-0.3, -0.25) is 4.79 Å². The maximum atomic E-state index is 11.7. The van der Waals surface area contributed by atoms with Crippen LogP contribution in [0.3, 0.4) is 0 Å². The van der Waals surface area contributed by atoms with Gasteiger partial charge in [-0.05, 0) is 24.3 Å². The monoisotopic (exact) mass is 251 g/mol. The van der Waals surface area contributed by atoms with E-state index in [1.165, 1.54) is 11.8 Å². The highest BCUT2D eigenvalue weighted by atomic mass is 35.5. The van der Waals surface area contributed by atoms with Gasteiger partial charge in [0.1, 0.15) is 0 Å². The van der Waals surface area contributed by atoms with E-state index in [1.54, 1.807) is 12.3 Å². The molecule has 2 rings (SSSR count). The van der Waals surface area contributed by atoms with Gasteiger partial charge >= 0.3 is 0 Å². The highest BCUT2D eigenvalue weighted by Crippen LogP contribution is 2.26. The number of benzene rings is 1. The first-order valence-electron chi connectivity index (χ1n) is 4.81. The standard InChI is InChI=1S/C12H10ClNOS/c13-9-4-1-2-6-12(9)16-8-11(15)10-5-3-7-14-10/h1-7,14H,8H2. The minimum absolute atomic E-state index is 0.0786. The number of Topliss-reactive ketones (excluding diaryl/α,β-unsaturated/α-hetero) is 1. The van der Waals surface area contributed by atoms with Crippen LogP contribution in [0, 0.1) is 0 Å². The fourth-order valence-electron chi connectivity index (χ4n) is 1.29. The molecule has 4 heteroatoms. The third-order valence-corrected chi connectivity index (χ3v) is 3.61. The van der Waals surface area contributed by atoms with E-state index in [0.717, 1.165) is 4.90 Å². The van der Waals surface area contributed by atoms with Crippen molar-refractivity contribution in [1.82, 2.24) is 4.98 Å². The molecule has 0 aliphatic heterocycles. The van der Waals surface area contributed by atoms with Gasteiger partial charge in [-0.2, -0.15) is 0 Å². The first-order chi connectivity index (χ1) is 7.77. The smallest absolute Gasteiger partial charge is 0.189 e. The minimum Gasteiger partial charge on any atom is -0.359 e. The zero-order chi connectivity index (χ0) is 11.4. The van der Waals surface area contributed by atoms with Gasteiger partial charge in [-0.15, -0.1) is 11.8 Å². The number of hydrogen-bond donors (Lipinski definition) is 1. The van der Waals surface area contributed by atoms with Gasteiger partial charge in [0, 0.05) is 11.1 Å². The summed E-state index contributed by atoms with van der Waals surface area (Å²) in [5.74, 6) is 0.472. The Balaban J connectivity index is 1.98. The summed E-state index contributed by atoms with van der Waals surface area (Å²) in [6.07, 6.45) is 1.74. The van der Waals surface area contributed by atoms with Crippen LogP contribution >= 0.6 is 23.4 Å². The molecule has 0 unspecified atom stereocenters. The van der Waals surface area contributed by atoms with Crippen LogP contribution in [-0.2, 0) is 0 Å². The van der Waals surface area contributed by atoms with Crippen molar-refractivity contribution in [1.29, 1.82) is 0 Å². The normalized spacial score (nSPS) is 10.3. The van der Waals surface area contributed by atoms with Crippen molar-refractivity contribution in [3.05, 3.63) is 53.3 Å². The molecule has 0 aliphatic rings. The first kappa shape index (κ1) is 11.3. The molecule has 0 radical (unpaired) electrons. The second-order valence-corrected chi connectivity index (χ2v) is 4.65. The van der Waals surface area contributed by atoms with Crippen LogP contribution in [-0.4, -0.2) is 16.5 Å². The summed E-state index contributed by atoms with van der Waals surface area (Å²) in [6.45, 7) is 0. The molecule has 1 aromatic carbocycles. The largest absolute Gasteiger partial charge is 0.359 e. The van der Waals surface area contributed by atoms with Crippen LogP contribution in [0.1, 0.15) is 10.5 Å². The van der Waals surface area contributed by atoms with Crippen LogP contribution in [0.2, 0.25) is 5.02 Å². The predicted molar refractivity (Wildman–Crippen MR) is 67.3 cm³/mol. The third kappa shape index (κ3) is 2.68. The van der Waals surface area contributed by atoms with Crippen molar-refractivity contribution >= 4 is 29.1 Å². The number of ketones is 1. The van der Waals surface area contributed by atoms with Crippen molar-refractivity contribution in [2.24, 2.45) is 0 Å². The number of nitrogens with one attached hydrogen (secondary N) is 1. The average Bonchev–Trinajstić information content (AvgIpc) is 2.81. The van der Waals surface area contributed by atoms with Crippen molar-refractivity contribution in [3.63, 3.8) is 0 Å². The van der Waals surface area contributed by atoms with Crippen molar-refractivity contribution in [2.45, 2.75) is 4.90 Å². The van der Waals surface area contributed by atoms with Crippen LogP contribution in [0.5, 0.6) is 0 Å². The number of rotatable bonds is 4. The summed E-state index contributed by atoms with van der Waals surface area (Å²) < 4.78 is 0. The highest BCUT2D eigenvalue weighted by Gasteiger charge is 2.08. The molecule has 0 fully saturated rings. The average molecular weight is 252 g/mol. The summed E-state index contributed by atoms with van der Waals surface area (Å²) in [5, 5.41) is 0.687. The van der Waals surface area contributed by atoms with E-state index >= 15 is 0 Å². The van der Waals surface area contributed by atoms with Gasteiger partial charge in [-0.1, -0.05) is 23.7 Å². The maximum Gasteiger partial charge on any atom is 0.189 e. The topological polar surface area (TPSA) is 32.9 Å². The second-order valence-electron chi connectivity index (χ2n) is 3.23. The van der Waals surface area contributed by atoms with E-state index in [9.17, 15) is 4.79 Å². The molecule has 0 spiro atoms. The Labute approximate surface area is 103 Å². The quantitative estimate of drug-likeness (QED) is 0.665. The molecule has 2 nitrogen and oxygen atoms in total. The molecular formula is C12H10ClNOS. The highest BCUT2D eigenvalue weighted by molar-refractivity contribution is 8.00. The van der Waals surface area contributed by atoms with Crippen LogP contribution in [0.25, 0.3) is 0 Å². The summed E-state index contributed by atoms with van der Waals surface area (Å²) >= 11 is 7.44. The number of hydrogen-bond acceptors (Lipinski definition) is 2. The Morgan fingerprint density at radius 1 is 1.25 bits per heavy atom. The van der Waals surface area contributed by atoms with E-state index < -0.39 is 0 Å². The number of aromatic amines is 1. The molecule has 2 aromatic rings. The lowest BCUT2D eigenvalue weighted by Gasteiger charge is -2.02. The fourth-order valence-corrected chi connectivity index (χ4v) is 2.41. The summed E-state index contributed by atoms with van der Waals surface area (Å²) in [7, 11) is 0. The lowest BCUT2D eigenvalue weighted by atomic mass is 10.3. The van der Waals surface area contributed by atoms with E-state index in [4.69, 9.17) is 11.6 Å². The summed E-state index contributed by atoms with van der Waals surface area (Å²) in [4.78, 5) is 15.5. The first-order valence-corrected chi connectivity index (χ1v) is 6.17. The predicted octanol–water partition coefficient (Wildman–Crippen LogP) is 3.64. The van der Waals surface area contributed by atoms with Gasteiger partial charge in [-0.25, -0.2) is 0 Å². The van der Waals surface area contributed by atoms with Gasteiger partial charge in [0.15, 0.2) is 5.78 Å². The van der Waals surface area contributed by atoms with E-state index in [-0.39, 0.29) is 5.78 Å². The second kappa shape index (κ2) is 5.23. The Hall–Kier alpha value is -1.19. The SMILES string of the molecule is O=C(CSc1ccccc1Cl)c1ccc[nH]1. The van der Waals surface area contributed by atoms with Crippen LogP contribution in [0.15, 0.2) is 47.5 Å². The molecule has 1 aromatic heterocycles. The lowest BCUT2D eigenvalue weighted by molar-refractivity contribution is 0.101. The van der Waals surface area contributed by atoms with Crippen molar-refractivity contribution in [3.8, 4) is 0 Å². The summed E-state index contributed by atoms with van der Waals surface area (Å²) in [6, 6.07) is 11.1. The number of carbonyl (C=O) groups is 1. The Kier molecular flexibility index (Phi) is 3.70. The Morgan fingerprint density at radius 2 is 2.06 bits per heavy atom. The number of aromatic nitrogens is 1. The number of carbonyl (C=O) groups excluding carboxylic acids is 1. The van der Waals surface area contributed by atoms with E-state index in [2.05, 4.69) is 4.98 Å². The zero-order valence-corrected chi connectivity index (χ0v) is 10.0. The minimum atomic E-state index is 0.0786. The van der Waals surface area contributed by atoms with Crippen molar-refractivity contribution < 1.29 is 4.79 Å². The summed E-state index contributed by atoms with van der Waals surface area (Å²) in [5.41, 5.74) is 0.638. The van der Waals surface area contributed by atoms with Gasteiger partial charge in [0.25, 0.3) is 0 Å². The van der Waals surface area contributed by atoms with Crippen molar-refractivity contribution in [2.75, 3.05) is 5.75 Å². The van der Waals surface area contributed by atoms with E-state index in [1.807, 2.05) is 30.3 Å². The van der Waals surface area contributed by atoms with Gasteiger partial charge < -0.3 is 4.98 Å². The number of thioether (sulfide) groups is 1. The Bertz CT molecular complexity index is 482. The molecule has 0 aliphatic carbocycles. The zero-order valence-electron chi connectivity index (χ0n) is 8.44. The molecular weight excluding hydrogens is 242 g/mol. The molecule has 0 atom stereocenters. The van der Waals surface area contributed by atoms with Crippen LogP contribution < -0.4 is 0 Å². The van der Waals surface area contributed by atoms with Crippen LogP contribution in [0.4, 0.5) is 0 Å². The van der Waals surface area contributed by atoms with Gasteiger partial charge in [0.05, 0.1) is 16.5 Å². The lowest BCUT2D eigenvalue weighted by Crippen LogP contribution is -2.02. The molecule has 82 valence electrons. The molecule has 1 N–H and O–H groups in total. The Morgan fingerprint density at radius 3 is 2.75 bits per heavy atom. The van der Waals surface area contributed by atoms with E-state index in [0.29, 0.717) is 16.5 Å². The molecule has 16 heavy (non-hydrogen) atoms. The molecule has 0 amide bonds. The number of halogens is 1. The third-order valence-electron chi connectivity index (χ3n) is 2.09. The molecule has 1 heterocycles. The molecule has 0 saturated carbocycles. The maximum absolute atomic E-state index is 11.7.